The molecule has 2 rings (SSSR count). The summed E-state index contributed by atoms with van der Waals surface area (Å²) in [5, 5.41) is 17.2. The van der Waals surface area contributed by atoms with Crippen LogP contribution in [0.4, 0.5) is 0 Å². The van der Waals surface area contributed by atoms with Gasteiger partial charge in [-0.1, -0.05) is 0 Å². The Morgan fingerprint density at radius 2 is 2.12 bits per heavy atom. The monoisotopic (exact) mass is 225 g/mol. The summed E-state index contributed by atoms with van der Waals surface area (Å²) in [6.45, 7) is 2.73. The number of hydrogen-bond donors (Lipinski definition) is 0. The lowest BCUT2D eigenvalue weighted by Crippen LogP contribution is -2.10. The van der Waals surface area contributed by atoms with E-state index in [-0.39, 0.29) is 0 Å². The van der Waals surface area contributed by atoms with Crippen LogP contribution in [0.5, 0.6) is 0 Å². The summed E-state index contributed by atoms with van der Waals surface area (Å²) >= 11 is 0. The van der Waals surface area contributed by atoms with E-state index >= 15 is 0 Å². The molecule has 0 fully saturated rings. The maximum atomic E-state index is 9.00. The average Bonchev–Trinajstić information content (AvgIpc) is 2.83. The third-order valence-electron chi connectivity index (χ3n) is 2.59. The summed E-state index contributed by atoms with van der Waals surface area (Å²) < 4.78 is 3.42. The zero-order valence-electron chi connectivity index (χ0n) is 9.88. The highest BCUT2D eigenvalue weighted by Gasteiger charge is 2.11. The fourth-order valence-electron chi connectivity index (χ4n) is 1.74. The largest absolute Gasteiger partial charge is 0.276 e. The molecule has 5 nitrogen and oxygen atoms in total. The second-order valence-electron chi connectivity index (χ2n) is 3.86. The standard InChI is InChI=1S/C11H12BN5/c1-3-17-7-8(10(5-13)14-17)4-9-6-16(2)15-11(9)12/h6-7H,3-4H2,1-2H3. The van der Waals surface area contributed by atoms with Gasteiger partial charge in [-0.2, -0.15) is 15.5 Å². The zero-order chi connectivity index (χ0) is 12.4. The van der Waals surface area contributed by atoms with Gasteiger partial charge in [-0.3, -0.25) is 9.36 Å². The fraction of sp³-hybridized carbons (Fsp3) is 0.364. The second-order valence-corrected chi connectivity index (χ2v) is 3.86. The Bertz CT molecular complexity index is 575. The first-order chi connectivity index (χ1) is 8.13. The molecule has 0 atom stereocenters. The summed E-state index contributed by atoms with van der Waals surface area (Å²) in [7, 11) is 7.60. The van der Waals surface area contributed by atoms with Gasteiger partial charge < -0.3 is 0 Å². The topological polar surface area (TPSA) is 59.4 Å². The van der Waals surface area contributed by atoms with Gasteiger partial charge in [0.2, 0.25) is 0 Å². The van der Waals surface area contributed by atoms with Gasteiger partial charge in [0.05, 0.1) is 0 Å². The molecule has 0 amide bonds. The van der Waals surface area contributed by atoms with Crippen molar-refractivity contribution in [2.75, 3.05) is 0 Å². The first kappa shape index (κ1) is 11.5. The lowest BCUT2D eigenvalue weighted by atomic mass is 9.96. The molecule has 6 heteroatoms. The molecular weight excluding hydrogens is 213 g/mol. The molecule has 0 aliphatic rings. The molecule has 17 heavy (non-hydrogen) atoms. The van der Waals surface area contributed by atoms with Crippen molar-refractivity contribution >= 4 is 13.4 Å². The van der Waals surface area contributed by atoms with Crippen molar-refractivity contribution in [2.24, 2.45) is 7.05 Å². The minimum Gasteiger partial charge on any atom is -0.276 e. The molecule has 0 spiro atoms. The highest BCUT2D eigenvalue weighted by molar-refractivity contribution is 6.31. The predicted octanol–water partition coefficient (Wildman–Crippen LogP) is -0.107. The highest BCUT2D eigenvalue weighted by atomic mass is 15.3. The molecule has 2 aromatic heterocycles. The second kappa shape index (κ2) is 4.46. The summed E-state index contributed by atoms with van der Waals surface area (Å²) in [5.74, 6) is 0. The van der Waals surface area contributed by atoms with Crippen LogP contribution >= 0.6 is 0 Å². The highest BCUT2D eigenvalue weighted by Crippen LogP contribution is 2.11. The Morgan fingerprint density at radius 1 is 1.35 bits per heavy atom. The van der Waals surface area contributed by atoms with Crippen molar-refractivity contribution in [3.8, 4) is 6.07 Å². The summed E-state index contributed by atoms with van der Waals surface area (Å²) in [4.78, 5) is 0. The molecule has 84 valence electrons. The van der Waals surface area contributed by atoms with Crippen molar-refractivity contribution in [2.45, 2.75) is 19.9 Å². The van der Waals surface area contributed by atoms with Crippen molar-refractivity contribution in [1.29, 1.82) is 5.26 Å². The maximum Gasteiger partial charge on any atom is 0.165 e. The first-order valence-corrected chi connectivity index (χ1v) is 5.38. The van der Waals surface area contributed by atoms with E-state index in [0.29, 0.717) is 17.7 Å². The van der Waals surface area contributed by atoms with Crippen LogP contribution < -0.4 is 5.59 Å². The van der Waals surface area contributed by atoms with E-state index in [0.717, 1.165) is 17.7 Å². The van der Waals surface area contributed by atoms with E-state index in [1.165, 1.54) is 0 Å². The normalized spacial score (nSPS) is 10.4. The van der Waals surface area contributed by atoms with Crippen LogP contribution in [0.3, 0.4) is 0 Å². The van der Waals surface area contributed by atoms with E-state index in [9.17, 15) is 0 Å². The number of rotatable bonds is 3. The van der Waals surface area contributed by atoms with Crippen LogP contribution in [0.15, 0.2) is 12.4 Å². The summed E-state index contributed by atoms with van der Waals surface area (Å²) in [5.41, 5.74) is 2.75. The molecule has 0 N–H and O–H groups in total. The molecule has 2 radical (unpaired) electrons. The van der Waals surface area contributed by atoms with Gasteiger partial charge >= 0.3 is 0 Å². The van der Waals surface area contributed by atoms with Crippen molar-refractivity contribution in [3.05, 3.63) is 29.2 Å². The van der Waals surface area contributed by atoms with Crippen molar-refractivity contribution < 1.29 is 0 Å². The quantitative estimate of drug-likeness (QED) is 0.685. The Morgan fingerprint density at radius 3 is 2.65 bits per heavy atom. The van der Waals surface area contributed by atoms with Crippen LogP contribution in [0, 0.1) is 11.3 Å². The predicted molar refractivity (Wildman–Crippen MR) is 64.0 cm³/mol. The number of hydrogen-bond acceptors (Lipinski definition) is 3. The van der Waals surface area contributed by atoms with Crippen molar-refractivity contribution in [1.82, 2.24) is 19.6 Å². The third kappa shape index (κ3) is 2.23. The van der Waals surface area contributed by atoms with E-state index in [2.05, 4.69) is 16.3 Å². The fourth-order valence-corrected chi connectivity index (χ4v) is 1.74. The molecule has 0 aromatic carbocycles. The number of nitrogens with zero attached hydrogens (tertiary/aromatic N) is 5. The van der Waals surface area contributed by atoms with Crippen LogP contribution in [0.1, 0.15) is 23.7 Å². The molecule has 0 saturated carbocycles. The van der Waals surface area contributed by atoms with Gasteiger partial charge in [-0.05, 0) is 12.5 Å². The number of aromatic nitrogens is 4. The van der Waals surface area contributed by atoms with Crippen LogP contribution in [0.2, 0.25) is 0 Å². The SMILES string of the molecule is [B]c1nn(C)cc1Cc1cn(CC)nc1C#N. The molecule has 0 bridgehead atoms. The summed E-state index contributed by atoms with van der Waals surface area (Å²) in [6, 6.07) is 2.10. The van der Waals surface area contributed by atoms with Gasteiger partial charge in [-0.25, -0.2) is 0 Å². The van der Waals surface area contributed by atoms with Crippen LogP contribution in [-0.4, -0.2) is 27.4 Å². The van der Waals surface area contributed by atoms with Gasteiger partial charge in [-0.15, -0.1) is 0 Å². The molecule has 2 heterocycles. The minimum absolute atomic E-state index is 0.454. The molecule has 2 aromatic rings. The van der Waals surface area contributed by atoms with Gasteiger partial charge in [0.1, 0.15) is 13.9 Å². The zero-order valence-corrected chi connectivity index (χ0v) is 9.88. The van der Waals surface area contributed by atoms with Crippen molar-refractivity contribution in [3.63, 3.8) is 0 Å². The number of aryl methyl sites for hydroxylation is 2. The Hall–Kier alpha value is -2.03. The Kier molecular flexibility index (Phi) is 3.00. The molecular formula is C11H12BN5. The van der Waals surface area contributed by atoms with Gasteiger partial charge in [0, 0.05) is 43.6 Å². The van der Waals surface area contributed by atoms with Gasteiger partial charge in [0.25, 0.3) is 0 Å². The molecule has 0 aliphatic heterocycles. The van der Waals surface area contributed by atoms with Gasteiger partial charge in [0.15, 0.2) is 5.69 Å². The summed E-state index contributed by atoms with van der Waals surface area (Å²) in [6.07, 6.45) is 4.33. The third-order valence-corrected chi connectivity index (χ3v) is 2.59. The first-order valence-electron chi connectivity index (χ1n) is 5.38. The molecule has 0 unspecified atom stereocenters. The van der Waals surface area contributed by atoms with E-state index < -0.39 is 0 Å². The Labute approximate surface area is 101 Å². The van der Waals surface area contributed by atoms with E-state index in [1.807, 2.05) is 26.4 Å². The smallest absolute Gasteiger partial charge is 0.165 e. The lowest BCUT2D eigenvalue weighted by Gasteiger charge is -1.95. The van der Waals surface area contributed by atoms with E-state index in [1.54, 1.807) is 9.36 Å². The van der Waals surface area contributed by atoms with Crippen LogP contribution in [0.25, 0.3) is 0 Å². The van der Waals surface area contributed by atoms with E-state index in [4.69, 9.17) is 13.1 Å². The molecule has 0 aliphatic carbocycles. The molecule has 0 saturated heterocycles. The maximum absolute atomic E-state index is 9.00. The minimum atomic E-state index is 0.454. The average molecular weight is 225 g/mol. The number of nitriles is 1. The van der Waals surface area contributed by atoms with Crippen LogP contribution in [-0.2, 0) is 20.0 Å². The lowest BCUT2D eigenvalue weighted by molar-refractivity contribution is 0.657. The Balaban J connectivity index is 2.32.